The number of carboxylic acid groups (broad SMARTS) is 2. The standard InChI is InChI=1S/C8H17N.C8H10O4/c1-9(2)8-6-4-3-5-7-8;9-7(10)5-3-1-2-4-6(5)8(11)12/h8H,3-7H2,1-2H3;1-2,5-6H,3-4H2,(H,9,10)(H,11,12). The second-order valence-electron chi connectivity index (χ2n) is 6.09. The van der Waals surface area contributed by atoms with Gasteiger partial charge in [-0.25, -0.2) is 0 Å². The van der Waals surface area contributed by atoms with Crippen LogP contribution in [0.15, 0.2) is 12.2 Å². The van der Waals surface area contributed by atoms with E-state index in [4.69, 9.17) is 10.2 Å². The van der Waals surface area contributed by atoms with E-state index in [0.717, 1.165) is 6.04 Å². The van der Waals surface area contributed by atoms with Gasteiger partial charge >= 0.3 is 11.9 Å². The molecule has 2 unspecified atom stereocenters. The van der Waals surface area contributed by atoms with Crippen molar-refractivity contribution in [2.45, 2.75) is 51.0 Å². The summed E-state index contributed by atoms with van der Waals surface area (Å²) < 4.78 is 0. The van der Waals surface area contributed by atoms with Crippen LogP contribution in [0.25, 0.3) is 0 Å². The maximum atomic E-state index is 10.6. The van der Waals surface area contributed by atoms with Crippen molar-refractivity contribution >= 4 is 11.9 Å². The van der Waals surface area contributed by atoms with Crippen molar-refractivity contribution in [1.29, 1.82) is 0 Å². The average molecular weight is 297 g/mol. The number of aliphatic carboxylic acids is 2. The van der Waals surface area contributed by atoms with Crippen molar-refractivity contribution in [3.05, 3.63) is 12.2 Å². The second-order valence-corrected chi connectivity index (χ2v) is 6.09. The SMILES string of the molecule is CN(C)C1CCCCC1.O=C(O)C1CC=CCC1C(=O)O. The van der Waals surface area contributed by atoms with E-state index in [1.54, 1.807) is 12.2 Å². The van der Waals surface area contributed by atoms with Gasteiger partial charge in [0.2, 0.25) is 0 Å². The molecule has 0 radical (unpaired) electrons. The summed E-state index contributed by atoms with van der Waals surface area (Å²) in [4.78, 5) is 23.5. The van der Waals surface area contributed by atoms with Gasteiger partial charge in [0.05, 0.1) is 11.8 Å². The Hall–Kier alpha value is -1.36. The van der Waals surface area contributed by atoms with Crippen molar-refractivity contribution in [2.24, 2.45) is 11.8 Å². The molecule has 0 aliphatic heterocycles. The summed E-state index contributed by atoms with van der Waals surface area (Å²) in [6.07, 6.45) is 11.3. The van der Waals surface area contributed by atoms with Crippen molar-refractivity contribution in [1.82, 2.24) is 4.90 Å². The van der Waals surface area contributed by atoms with Crippen molar-refractivity contribution in [2.75, 3.05) is 14.1 Å². The Morgan fingerprint density at radius 3 is 1.62 bits per heavy atom. The quantitative estimate of drug-likeness (QED) is 0.783. The van der Waals surface area contributed by atoms with E-state index in [2.05, 4.69) is 19.0 Å². The first-order valence-electron chi connectivity index (χ1n) is 7.70. The van der Waals surface area contributed by atoms with Gasteiger partial charge in [0, 0.05) is 6.04 Å². The number of carbonyl (C=O) groups is 2. The van der Waals surface area contributed by atoms with Gasteiger partial charge in [-0.05, 0) is 39.8 Å². The van der Waals surface area contributed by atoms with Crippen LogP contribution in [0.4, 0.5) is 0 Å². The molecule has 0 saturated heterocycles. The number of carboxylic acids is 2. The van der Waals surface area contributed by atoms with Crippen molar-refractivity contribution in [3.63, 3.8) is 0 Å². The van der Waals surface area contributed by atoms with Gasteiger partial charge in [-0.1, -0.05) is 31.4 Å². The largest absolute Gasteiger partial charge is 0.481 e. The van der Waals surface area contributed by atoms with Crippen LogP contribution in [0.3, 0.4) is 0 Å². The Kier molecular flexibility index (Phi) is 7.43. The van der Waals surface area contributed by atoms with Gasteiger partial charge in [0.25, 0.3) is 0 Å². The predicted molar refractivity (Wildman–Crippen MR) is 81.2 cm³/mol. The van der Waals surface area contributed by atoms with Crippen molar-refractivity contribution in [3.8, 4) is 0 Å². The molecular weight excluding hydrogens is 270 g/mol. The average Bonchev–Trinajstić information content (AvgIpc) is 2.48. The monoisotopic (exact) mass is 297 g/mol. The zero-order valence-electron chi connectivity index (χ0n) is 13.0. The third-order valence-corrected chi connectivity index (χ3v) is 4.37. The van der Waals surface area contributed by atoms with Crippen LogP contribution in [-0.4, -0.2) is 47.2 Å². The minimum Gasteiger partial charge on any atom is -0.481 e. The maximum Gasteiger partial charge on any atom is 0.307 e. The van der Waals surface area contributed by atoms with Crippen LogP contribution in [0, 0.1) is 11.8 Å². The molecule has 0 aromatic carbocycles. The maximum absolute atomic E-state index is 10.6. The molecule has 0 amide bonds. The molecular formula is C16H27NO4. The molecule has 21 heavy (non-hydrogen) atoms. The molecule has 2 N–H and O–H groups in total. The molecule has 2 aliphatic rings. The van der Waals surface area contributed by atoms with Crippen LogP contribution < -0.4 is 0 Å². The summed E-state index contributed by atoms with van der Waals surface area (Å²) in [5, 5.41) is 17.3. The highest BCUT2D eigenvalue weighted by molar-refractivity contribution is 5.80. The number of hydrogen-bond donors (Lipinski definition) is 2. The molecule has 1 saturated carbocycles. The van der Waals surface area contributed by atoms with Crippen LogP contribution >= 0.6 is 0 Å². The fraction of sp³-hybridized carbons (Fsp3) is 0.750. The van der Waals surface area contributed by atoms with Crippen LogP contribution in [0.2, 0.25) is 0 Å². The second kappa shape index (κ2) is 8.82. The smallest absolute Gasteiger partial charge is 0.307 e. The molecule has 2 rings (SSSR count). The fourth-order valence-corrected chi connectivity index (χ4v) is 2.96. The van der Waals surface area contributed by atoms with Gasteiger partial charge in [-0.15, -0.1) is 0 Å². The Balaban J connectivity index is 0.000000219. The molecule has 120 valence electrons. The molecule has 2 aliphatic carbocycles. The number of rotatable bonds is 3. The lowest BCUT2D eigenvalue weighted by atomic mass is 9.83. The molecule has 5 nitrogen and oxygen atoms in total. The lowest BCUT2D eigenvalue weighted by Crippen LogP contribution is -2.30. The summed E-state index contributed by atoms with van der Waals surface area (Å²) >= 11 is 0. The van der Waals surface area contributed by atoms with E-state index in [1.165, 1.54) is 32.1 Å². The van der Waals surface area contributed by atoms with E-state index in [1.807, 2.05) is 0 Å². The lowest BCUT2D eigenvalue weighted by Gasteiger charge is -2.27. The van der Waals surface area contributed by atoms with E-state index in [9.17, 15) is 9.59 Å². The minimum absolute atomic E-state index is 0.326. The van der Waals surface area contributed by atoms with Gasteiger partial charge in [0.15, 0.2) is 0 Å². The molecule has 0 spiro atoms. The third-order valence-electron chi connectivity index (χ3n) is 4.37. The zero-order chi connectivity index (χ0) is 15.8. The first-order chi connectivity index (χ1) is 9.93. The van der Waals surface area contributed by atoms with E-state index >= 15 is 0 Å². The van der Waals surface area contributed by atoms with E-state index in [-0.39, 0.29) is 0 Å². The minimum atomic E-state index is -1.02. The summed E-state index contributed by atoms with van der Waals surface area (Å²) in [5.74, 6) is -3.56. The van der Waals surface area contributed by atoms with Gasteiger partial charge in [0.1, 0.15) is 0 Å². The van der Waals surface area contributed by atoms with Gasteiger partial charge < -0.3 is 15.1 Å². The first kappa shape index (κ1) is 17.7. The lowest BCUT2D eigenvalue weighted by molar-refractivity contribution is -0.153. The molecule has 1 fully saturated rings. The predicted octanol–water partition coefficient (Wildman–Crippen LogP) is 2.62. The molecule has 0 bridgehead atoms. The third kappa shape index (κ3) is 5.87. The topological polar surface area (TPSA) is 77.8 Å². The Labute approximate surface area is 126 Å². The first-order valence-corrected chi connectivity index (χ1v) is 7.70. The molecule has 5 heteroatoms. The van der Waals surface area contributed by atoms with E-state index in [0.29, 0.717) is 12.8 Å². The van der Waals surface area contributed by atoms with Crippen molar-refractivity contribution < 1.29 is 19.8 Å². The molecule has 2 atom stereocenters. The fourth-order valence-electron chi connectivity index (χ4n) is 2.96. The van der Waals surface area contributed by atoms with Crippen LogP contribution in [0.1, 0.15) is 44.9 Å². The number of hydrogen-bond acceptors (Lipinski definition) is 3. The highest BCUT2D eigenvalue weighted by Crippen LogP contribution is 2.25. The van der Waals surface area contributed by atoms with Crippen LogP contribution in [-0.2, 0) is 9.59 Å². The molecule has 0 aromatic rings. The highest BCUT2D eigenvalue weighted by atomic mass is 16.4. The Morgan fingerprint density at radius 1 is 0.905 bits per heavy atom. The number of nitrogens with zero attached hydrogens (tertiary/aromatic N) is 1. The molecule has 0 aromatic heterocycles. The molecule has 0 heterocycles. The normalized spacial score (nSPS) is 26.0. The van der Waals surface area contributed by atoms with E-state index < -0.39 is 23.8 Å². The summed E-state index contributed by atoms with van der Waals surface area (Å²) in [6.45, 7) is 0. The Bertz CT molecular complexity index is 348. The highest BCUT2D eigenvalue weighted by Gasteiger charge is 2.33. The summed E-state index contributed by atoms with van der Waals surface area (Å²) in [5.41, 5.74) is 0. The zero-order valence-corrected chi connectivity index (χ0v) is 13.0. The summed E-state index contributed by atoms with van der Waals surface area (Å²) in [6, 6.07) is 0.888. The summed E-state index contributed by atoms with van der Waals surface area (Å²) in [7, 11) is 4.38. The van der Waals surface area contributed by atoms with Gasteiger partial charge in [-0.2, -0.15) is 0 Å². The Morgan fingerprint density at radius 2 is 1.33 bits per heavy atom. The number of allylic oxidation sites excluding steroid dienone is 2. The van der Waals surface area contributed by atoms with Gasteiger partial charge in [-0.3, -0.25) is 9.59 Å². The van der Waals surface area contributed by atoms with Crippen LogP contribution in [0.5, 0.6) is 0 Å².